The van der Waals surface area contributed by atoms with Gasteiger partial charge in [-0.1, -0.05) is 0 Å². The van der Waals surface area contributed by atoms with Gasteiger partial charge >= 0.3 is 11.6 Å². The number of methoxy groups -OCH3 is 1. The molecule has 124 valence electrons. The number of nitrogens with one attached hydrogen (secondary N) is 2. The van der Waals surface area contributed by atoms with Gasteiger partial charge < -0.3 is 10.1 Å². The van der Waals surface area contributed by atoms with Crippen LogP contribution in [0.2, 0.25) is 0 Å². The topological polar surface area (TPSA) is 128 Å². The molecule has 0 saturated heterocycles. The van der Waals surface area contributed by atoms with Gasteiger partial charge in [0, 0.05) is 18.3 Å². The quantitative estimate of drug-likeness (QED) is 0.610. The Morgan fingerprint density at radius 2 is 2.30 bits per heavy atom. The fourth-order valence-electron chi connectivity index (χ4n) is 2.26. The van der Waals surface area contributed by atoms with Gasteiger partial charge in [-0.2, -0.15) is 5.10 Å². The maximum absolute atomic E-state index is 12.3. The Bertz CT molecular complexity index is 735. The van der Waals surface area contributed by atoms with Crippen LogP contribution in [-0.4, -0.2) is 37.9 Å². The summed E-state index contributed by atoms with van der Waals surface area (Å²) in [4.78, 5) is 22.7. The summed E-state index contributed by atoms with van der Waals surface area (Å²) in [5.41, 5.74) is 0.892. The maximum atomic E-state index is 12.3. The molecule has 2 aromatic rings. The zero-order valence-electron chi connectivity index (χ0n) is 13.3. The average Bonchev–Trinajstić information content (AvgIpc) is 3.10. The minimum Gasteiger partial charge on any atom is -0.475 e. The summed E-state index contributed by atoms with van der Waals surface area (Å²) in [5, 5.41) is 24.1. The normalized spacial score (nSPS) is 12.0. The molecule has 10 nitrogen and oxygen atoms in total. The van der Waals surface area contributed by atoms with E-state index in [9.17, 15) is 14.9 Å². The summed E-state index contributed by atoms with van der Waals surface area (Å²) < 4.78 is 6.55. The number of carbonyl (C=O) groups is 1. The molecular weight excluding hydrogens is 304 g/mol. The van der Waals surface area contributed by atoms with E-state index in [0.29, 0.717) is 6.54 Å². The van der Waals surface area contributed by atoms with E-state index < -0.39 is 16.5 Å². The van der Waals surface area contributed by atoms with E-state index in [0.717, 1.165) is 11.3 Å². The number of carbonyl (C=O) groups excluding carboxylic acids is 1. The molecule has 0 aliphatic carbocycles. The molecule has 2 rings (SSSR count). The van der Waals surface area contributed by atoms with E-state index in [2.05, 4.69) is 20.6 Å². The Kier molecular flexibility index (Phi) is 4.63. The van der Waals surface area contributed by atoms with Crippen LogP contribution in [0.5, 0.6) is 5.88 Å². The van der Waals surface area contributed by atoms with Crippen LogP contribution in [0, 0.1) is 17.0 Å². The van der Waals surface area contributed by atoms with Crippen molar-refractivity contribution in [2.45, 2.75) is 33.4 Å². The van der Waals surface area contributed by atoms with E-state index in [4.69, 9.17) is 4.74 Å². The summed E-state index contributed by atoms with van der Waals surface area (Å²) >= 11 is 0. The first-order valence-corrected chi connectivity index (χ1v) is 7.00. The number of ether oxygens (including phenoxy) is 1. The van der Waals surface area contributed by atoms with Crippen LogP contribution in [0.25, 0.3) is 0 Å². The number of aromatic amines is 1. The van der Waals surface area contributed by atoms with Gasteiger partial charge in [0.15, 0.2) is 0 Å². The first-order valence-electron chi connectivity index (χ1n) is 7.00. The van der Waals surface area contributed by atoms with Crippen molar-refractivity contribution in [3.05, 3.63) is 33.3 Å². The van der Waals surface area contributed by atoms with Gasteiger partial charge in [-0.25, -0.2) is 0 Å². The molecule has 0 fully saturated rings. The van der Waals surface area contributed by atoms with Gasteiger partial charge in [0.1, 0.15) is 0 Å². The van der Waals surface area contributed by atoms with Gasteiger partial charge in [-0.05, 0) is 20.8 Å². The summed E-state index contributed by atoms with van der Waals surface area (Å²) in [6.45, 7) is 6.29. The van der Waals surface area contributed by atoms with Gasteiger partial charge in [-0.3, -0.25) is 24.7 Å². The molecule has 0 aliphatic rings. The van der Waals surface area contributed by atoms with E-state index in [1.165, 1.54) is 7.11 Å². The molecule has 0 spiro atoms. The van der Waals surface area contributed by atoms with Crippen LogP contribution in [0.3, 0.4) is 0 Å². The number of aryl methyl sites for hydroxylation is 2. The number of nitro groups is 1. The third kappa shape index (κ3) is 3.15. The predicted molar refractivity (Wildman–Crippen MR) is 80.3 cm³/mol. The summed E-state index contributed by atoms with van der Waals surface area (Å²) in [6, 6.07) is -0.364. The van der Waals surface area contributed by atoms with E-state index >= 15 is 0 Å². The van der Waals surface area contributed by atoms with E-state index in [-0.39, 0.29) is 17.6 Å². The molecule has 23 heavy (non-hydrogen) atoms. The number of H-pyrrole nitrogens is 1. The second kappa shape index (κ2) is 6.46. The fourth-order valence-corrected chi connectivity index (χ4v) is 2.26. The molecule has 0 radical (unpaired) electrons. The smallest absolute Gasteiger partial charge is 0.362 e. The van der Waals surface area contributed by atoms with Crippen molar-refractivity contribution < 1.29 is 14.5 Å². The molecule has 0 saturated carbocycles. The number of rotatable bonds is 6. The van der Waals surface area contributed by atoms with Gasteiger partial charge in [0.25, 0.3) is 5.91 Å². The molecular formula is C13H18N6O4. The van der Waals surface area contributed by atoms with Gasteiger partial charge in [0.2, 0.25) is 5.69 Å². The second-order valence-electron chi connectivity index (χ2n) is 4.93. The minimum absolute atomic E-state index is 0.234. The van der Waals surface area contributed by atoms with E-state index in [1.807, 2.05) is 20.0 Å². The third-order valence-corrected chi connectivity index (χ3v) is 3.43. The lowest BCUT2D eigenvalue weighted by Gasteiger charge is -2.12. The van der Waals surface area contributed by atoms with Crippen molar-refractivity contribution in [3.8, 4) is 5.88 Å². The SMILES string of the molecule is CCn1cc(C(C)NC(=O)c2[nH]nc(OC)c2[N+](=O)[O-])c(C)n1. The van der Waals surface area contributed by atoms with Crippen LogP contribution in [0.1, 0.15) is 41.6 Å². The van der Waals surface area contributed by atoms with Crippen molar-refractivity contribution in [2.75, 3.05) is 7.11 Å². The molecule has 1 amide bonds. The lowest BCUT2D eigenvalue weighted by Crippen LogP contribution is -2.27. The van der Waals surface area contributed by atoms with Crippen LogP contribution >= 0.6 is 0 Å². The number of hydrogen-bond acceptors (Lipinski definition) is 6. The molecule has 2 aromatic heterocycles. The summed E-state index contributed by atoms with van der Waals surface area (Å²) in [7, 11) is 1.25. The van der Waals surface area contributed by atoms with Crippen molar-refractivity contribution in [1.29, 1.82) is 0 Å². The highest BCUT2D eigenvalue weighted by Crippen LogP contribution is 2.28. The highest BCUT2D eigenvalue weighted by atomic mass is 16.6. The number of amides is 1. The van der Waals surface area contributed by atoms with Crippen molar-refractivity contribution in [1.82, 2.24) is 25.3 Å². The molecule has 0 aromatic carbocycles. The maximum Gasteiger partial charge on any atom is 0.362 e. The highest BCUT2D eigenvalue weighted by Gasteiger charge is 2.31. The average molecular weight is 322 g/mol. The first-order chi connectivity index (χ1) is 10.9. The van der Waals surface area contributed by atoms with Gasteiger partial charge in [-0.15, -0.1) is 5.10 Å². The zero-order valence-corrected chi connectivity index (χ0v) is 13.3. The first kappa shape index (κ1) is 16.5. The fraction of sp³-hybridized carbons (Fsp3) is 0.462. The lowest BCUT2D eigenvalue weighted by molar-refractivity contribution is -0.386. The Hall–Kier alpha value is -2.91. The molecule has 0 bridgehead atoms. The minimum atomic E-state index is -0.706. The molecule has 0 aliphatic heterocycles. The predicted octanol–water partition coefficient (Wildman–Crippen LogP) is 1.34. The third-order valence-electron chi connectivity index (χ3n) is 3.43. The molecule has 10 heteroatoms. The van der Waals surface area contributed by atoms with Crippen LogP contribution < -0.4 is 10.1 Å². The summed E-state index contributed by atoms with van der Waals surface area (Å²) in [6.07, 6.45) is 1.84. The van der Waals surface area contributed by atoms with Gasteiger partial charge in [0.05, 0.1) is 23.8 Å². The van der Waals surface area contributed by atoms with Crippen LogP contribution in [-0.2, 0) is 6.54 Å². The lowest BCUT2D eigenvalue weighted by atomic mass is 10.1. The van der Waals surface area contributed by atoms with Crippen molar-refractivity contribution >= 4 is 11.6 Å². The number of nitrogens with zero attached hydrogens (tertiary/aromatic N) is 4. The molecule has 2 N–H and O–H groups in total. The number of hydrogen-bond donors (Lipinski definition) is 2. The Balaban J connectivity index is 2.23. The molecule has 1 atom stereocenters. The Morgan fingerprint density at radius 3 is 2.83 bits per heavy atom. The van der Waals surface area contributed by atoms with E-state index in [1.54, 1.807) is 11.6 Å². The largest absolute Gasteiger partial charge is 0.475 e. The highest BCUT2D eigenvalue weighted by molar-refractivity contribution is 5.97. The Labute approximate surface area is 132 Å². The van der Waals surface area contributed by atoms with Crippen LogP contribution in [0.15, 0.2) is 6.20 Å². The number of aromatic nitrogens is 4. The summed E-state index contributed by atoms with van der Waals surface area (Å²) in [5.74, 6) is -0.869. The van der Waals surface area contributed by atoms with Crippen molar-refractivity contribution in [3.63, 3.8) is 0 Å². The zero-order chi connectivity index (χ0) is 17.1. The van der Waals surface area contributed by atoms with Crippen LogP contribution in [0.4, 0.5) is 5.69 Å². The monoisotopic (exact) mass is 322 g/mol. The Morgan fingerprint density at radius 1 is 1.61 bits per heavy atom. The van der Waals surface area contributed by atoms with Crippen molar-refractivity contribution in [2.24, 2.45) is 0 Å². The molecule has 1 unspecified atom stereocenters. The molecule has 2 heterocycles. The second-order valence-corrected chi connectivity index (χ2v) is 4.93. The standard InChI is InChI=1S/C13H18N6O4/c1-5-18-6-9(8(3)17-18)7(2)14-12(20)10-11(19(21)22)13(23-4)16-15-10/h6-7H,5H2,1-4H3,(H,14,20)(H,15,16).